The molecule has 5 nitrogen and oxygen atoms in total. The molecule has 1 aromatic heterocycles. The van der Waals surface area contributed by atoms with E-state index in [1.54, 1.807) is 0 Å². The Balaban J connectivity index is 2.31. The van der Waals surface area contributed by atoms with Crippen molar-refractivity contribution in [3.8, 4) is 0 Å². The molecule has 0 unspecified atom stereocenters. The SMILES string of the molecule is C[C@H]1CCC/C(=N/Nc2c(Cl)c(Cl)nc(C(=O)[O-])c2Cl)C1. The molecule has 1 aliphatic carbocycles. The van der Waals surface area contributed by atoms with Crippen LogP contribution in [0.2, 0.25) is 15.2 Å². The number of carbonyl (C=O) groups excluding carboxylic acids is 1. The molecule has 0 spiro atoms. The highest BCUT2D eigenvalue weighted by atomic mass is 35.5. The first-order chi connectivity index (χ1) is 9.90. The van der Waals surface area contributed by atoms with E-state index in [0.717, 1.165) is 25.0 Å². The van der Waals surface area contributed by atoms with Gasteiger partial charge in [0.05, 0.1) is 16.7 Å². The number of aromatic nitrogens is 1. The molecule has 0 amide bonds. The zero-order valence-electron chi connectivity index (χ0n) is 11.3. The molecule has 1 aromatic rings. The first-order valence-corrected chi connectivity index (χ1v) is 7.60. The van der Waals surface area contributed by atoms with E-state index in [9.17, 15) is 9.90 Å². The van der Waals surface area contributed by atoms with E-state index in [2.05, 4.69) is 22.4 Å². The normalized spacial score (nSPS) is 20.6. The zero-order chi connectivity index (χ0) is 15.6. The number of carbonyl (C=O) groups is 1. The van der Waals surface area contributed by atoms with E-state index in [-0.39, 0.29) is 20.9 Å². The van der Waals surface area contributed by atoms with Gasteiger partial charge in [0.1, 0.15) is 10.7 Å². The Hall–Kier alpha value is -1.04. The minimum Gasteiger partial charge on any atom is -0.543 e. The van der Waals surface area contributed by atoms with Crippen LogP contribution >= 0.6 is 34.8 Å². The Morgan fingerprint density at radius 2 is 2.10 bits per heavy atom. The second-order valence-corrected chi connectivity index (χ2v) is 6.15. The van der Waals surface area contributed by atoms with Gasteiger partial charge in [-0.3, -0.25) is 5.43 Å². The number of hydrogen-bond acceptors (Lipinski definition) is 5. The molecule has 114 valence electrons. The van der Waals surface area contributed by atoms with Crippen molar-refractivity contribution in [2.45, 2.75) is 32.6 Å². The molecule has 0 saturated heterocycles. The van der Waals surface area contributed by atoms with Crippen LogP contribution in [0.4, 0.5) is 5.69 Å². The maximum Gasteiger partial charge on any atom is 0.150 e. The predicted molar refractivity (Wildman–Crippen MR) is 82.3 cm³/mol. The average molecular weight is 350 g/mol. The molecule has 1 heterocycles. The molecule has 21 heavy (non-hydrogen) atoms. The minimum absolute atomic E-state index is 0.0277. The molecular weight excluding hydrogens is 337 g/mol. The van der Waals surface area contributed by atoms with Gasteiger partial charge in [-0.15, -0.1) is 0 Å². The predicted octanol–water partition coefficient (Wildman–Crippen LogP) is 3.38. The van der Waals surface area contributed by atoms with Crippen molar-refractivity contribution in [1.82, 2.24) is 4.98 Å². The van der Waals surface area contributed by atoms with Gasteiger partial charge >= 0.3 is 0 Å². The standard InChI is InChI=1S/C13H14Cl3N3O2/c1-6-3-2-4-7(5-6)18-19-10-8(14)11(13(20)21)17-12(16)9(10)15/h6H,2-5H2,1H3,(H,17,19)(H,20,21)/p-1/b18-7-/t6-/m0/s1. The van der Waals surface area contributed by atoms with Gasteiger partial charge in [0, 0.05) is 5.71 Å². The number of anilines is 1. The summed E-state index contributed by atoms with van der Waals surface area (Å²) in [5.41, 5.74) is 3.37. The molecule has 2 rings (SSSR count). The molecule has 1 fully saturated rings. The summed E-state index contributed by atoms with van der Waals surface area (Å²) in [6.07, 6.45) is 4.02. The topological polar surface area (TPSA) is 77.4 Å². The van der Waals surface area contributed by atoms with Crippen molar-refractivity contribution >= 4 is 52.2 Å². The molecular formula is C13H13Cl3N3O2-. The van der Waals surface area contributed by atoms with Crippen LogP contribution in [0.15, 0.2) is 5.10 Å². The van der Waals surface area contributed by atoms with Crippen LogP contribution in [0.3, 0.4) is 0 Å². The van der Waals surface area contributed by atoms with Gasteiger partial charge in [0.2, 0.25) is 0 Å². The third kappa shape index (κ3) is 3.78. The number of hydrogen-bond donors (Lipinski definition) is 1. The van der Waals surface area contributed by atoms with Crippen LogP contribution in [-0.2, 0) is 0 Å². The fraction of sp³-hybridized carbons (Fsp3) is 0.462. The van der Waals surface area contributed by atoms with Crippen molar-refractivity contribution in [3.63, 3.8) is 0 Å². The summed E-state index contributed by atoms with van der Waals surface area (Å²) in [5.74, 6) is -0.953. The third-order valence-corrected chi connectivity index (χ3v) is 4.41. The zero-order valence-corrected chi connectivity index (χ0v) is 13.5. The summed E-state index contributed by atoms with van der Waals surface area (Å²) in [7, 11) is 0. The summed E-state index contributed by atoms with van der Waals surface area (Å²) in [6.45, 7) is 2.16. The van der Waals surface area contributed by atoms with Crippen LogP contribution in [0.5, 0.6) is 0 Å². The van der Waals surface area contributed by atoms with Crippen LogP contribution < -0.4 is 10.5 Å². The first-order valence-electron chi connectivity index (χ1n) is 6.47. The summed E-state index contributed by atoms with van der Waals surface area (Å²) in [5, 5.41) is 14.9. The number of hydrazone groups is 1. The lowest BCUT2D eigenvalue weighted by atomic mass is 9.89. The maximum atomic E-state index is 11.0. The van der Waals surface area contributed by atoms with Crippen molar-refractivity contribution in [2.75, 3.05) is 5.43 Å². The Morgan fingerprint density at radius 1 is 1.38 bits per heavy atom. The highest BCUT2D eigenvalue weighted by Crippen LogP contribution is 2.36. The van der Waals surface area contributed by atoms with Crippen molar-refractivity contribution in [2.24, 2.45) is 11.0 Å². The lowest BCUT2D eigenvalue weighted by Gasteiger charge is -2.19. The van der Waals surface area contributed by atoms with Gasteiger partial charge in [-0.05, 0) is 31.6 Å². The molecule has 1 atom stereocenters. The molecule has 0 bridgehead atoms. The van der Waals surface area contributed by atoms with E-state index >= 15 is 0 Å². The molecule has 1 saturated carbocycles. The smallest absolute Gasteiger partial charge is 0.150 e. The largest absolute Gasteiger partial charge is 0.543 e. The Bertz CT molecular complexity index is 605. The van der Waals surface area contributed by atoms with E-state index in [1.807, 2.05) is 0 Å². The van der Waals surface area contributed by atoms with Crippen LogP contribution in [0.1, 0.15) is 43.1 Å². The summed E-state index contributed by atoms with van der Waals surface area (Å²) in [4.78, 5) is 14.6. The number of pyridine rings is 1. The quantitative estimate of drug-likeness (QED) is 0.670. The number of halogens is 3. The van der Waals surface area contributed by atoms with Crippen LogP contribution in [0, 0.1) is 5.92 Å². The van der Waals surface area contributed by atoms with E-state index in [0.29, 0.717) is 5.92 Å². The summed E-state index contributed by atoms with van der Waals surface area (Å²) >= 11 is 17.8. The van der Waals surface area contributed by atoms with E-state index < -0.39 is 11.7 Å². The fourth-order valence-electron chi connectivity index (χ4n) is 2.25. The number of nitrogens with one attached hydrogen (secondary N) is 1. The summed E-state index contributed by atoms with van der Waals surface area (Å²) < 4.78 is 0. The Labute approximate surface area is 137 Å². The molecule has 1 N–H and O–H groups in total. The fourth-order valence-corrected chi connectivity index (χ4v) is 2.91. The van der Waals surface area contributed by atoms with Crippen LogP contribution in [0.25, 0.3) is 0 Å². The summed E-state index contributed by atoms with van der Waals surface area (Å²) in [6, 6.07) is 0. The number of carboxylic acid groups (broad SMARTS) is 1. The molecule has 8 heteroatoms. The maximum absolute atomic E-state index is 11.0. The van der Waals surface area contributed by atoms with Gasteiger partial charge in [-0.1, -0.05) is 41.7 Å². The number of aromatic carboxylic acids is 1. The van der Waals surface area contributed by atoms with Crippen LogP contribution in [-0.4, -0.2) is 16.7 Å². The number of nitrogens with zero attached hydrogens (tertiary/aromatic N) is 2. The molecule has 0 radical (unpaired) electrons. The van der Waals surface area contributed by atoms with E-state index in [4.69, 9.17) is 34.8 Å². The highest BCUT2D eigenvalue weighted by Gasteiger charge is 2.18. The lowest BCUT2D eigenvalue weighted by molar-refractivity contribution is -0.255. The van der Waals surface area contributed by atoms with E-state index in [1.165, 1.54) is 6.42 Å². The Morgan fingerprint density at radius 3 is 2.71 bits per heavy atom. The van der Waals surface area contributed by atoms with Crippen molar-refractivity contribution < 1.29 is 9.90 Å². The number of rotatable bonds is 3. The van der Waals surface area contributed by atoms with Crippen molar-refractivity contribution in [3.05, 3.63) is 20.9 Å². The molecule has 1 aliphatic rings. The first kappa shape index (κ1) is 16.3. The second kappa shape index (κ2) is 6.81. The van der Waals surface area contributed by atoms with Crippen molar-refractivity contribution in [1.29, 1.82) is 0 Å². The highest BCUT2D eigenvalue weighted by molar-refractivity contribution is 6.46. The Kier molecular flexibility index (Phi) is 5.30. The van der Waals surface area contributed by atoms with Gasteiger partial charge < -0.3 is 9.90 Å². The van der Waals surface area contributed by atoms with Gasteiger partial charge in [0.25, 0.3) is 0 Å². The third-order valence-electron chi connectivity index (χ3n) is 3.30. The molecule has 0 aliphatic heterocycles. The van der Waals surface area contributed by atoms with Gasteiger partial charge in [-0.2, -0.15) is 5.10 Å². The average Bonchev–Trinajstić information content (AvgIpc) is 2.42. The minimum atomic E-state index is -1.53. The molecule has 0 aromatic carbocycles. The number of carboxylic acids is 1. The lowest BCUT2D eigenvalue weighted by Crippen LogP contribution is -2.24. The monoisotopic (exact) mass is 348 g/mol. The van der Waals surface area contributed by atoms with Gasteiger partial charge in [-0.25, -0.2) is 4.98 Å². The second-order valence-electron chi connectivity index (χ2n) is 5.03. The van der Waals surface area contributed by atoms with Gasteiger partial charge in [0.15, 0.2) is 5.15 Å².